The van der Waals surface area contributed by atoms with E-state index in [-0.39, 0.29) is 5.69 Å². The molecule has 0 aliphatic carbocycles. The van der Waals surface area contributed by atoms with Crippen molar-refractivity contribution in [3.63, 3.8) is 0 Å². The molecule has 6 nitrogen and oxygen atoms in total. The number of nitrogens with one attached hydrogen (secondary N) is 2. The number of carbonyl (C=O) groups is 2. The van der Waals surface area contributed by atoms with Crippen LogP contribution in [0.15, 0.2) is 36.4 Å². The fraction of sp³-hybridized carbons (Fsp3) is 0.176. The molecule has 0 saturated heterocycles. The van der Waals surface area contributed by atoms with Crippen molar-refractivity contribution in [2.45, 2.75) is 6.42 Å². The maximum Gasteiger partial charge on any atom is 0.233 e. The quantitative estimate of drug-likeness (QED) is 0.833. The Morgan fingerprint density at radius 3 is 2.40 bits per heavy atom. The largest absolute Gasteiger partial charge is 0.486 e. The van der Waals surface area contributed by atoms with Crippen LogP contribution in [0.3, 0.4) is 0 Å². The van der Waals surface area contributed by atoms with Gasteiger partial charge in [-0.2, -0.15) is 0 Å². The average molecular weight is 348 g/mol. The van der Waals surface area contributed by atoms with Gasteiger partial charge in [-0.15, -0.1) is 0 Å². The van der Waals surface area contributed by atoms with Gasteiger partial charge in [-0.25, -0.2) is 8.78 Å². The van der Waals surface area contributed by atoms with Crippen LogP contribution >= 0.6 is 0 Å². The highest BCUT2D eigenvalue weighted by Gasteiger charge is 2.15. The van der Waals surface area contributed by atoms with Crippen molar-refractivity contribution in [2.75, 3.05) is 23.8 Å². The molecule has 8 heteroatoms. The number of carbonyl (C=O) groups excluding carboxylic acids is 2. The van der Waals surface area contributed by atoms with Crippen molar-refractivity contribution in [1.29, 1.82) is 0 Å². The second kappa shape index (κ2) is 7.16. The van der Waals surface area contributed by atoms with Crippen LogP contribution in [0.5, 0.6) is 11.5 Å². The van der Waals surface area contributed by atoms with Crippen LogP contribution in [-0.2, 0) is 9.59 Å². The highest BCUT2D eigenvalue weighted by molar-refractivity contribution is 6.08. The zero-order valence-electron chi connectivity index (χ0n) is 13.0. The van der Waals surface area contributed by atoms with Gasteiger partial charge in [0.25, 0.3) is 0 Å². The van der Waals surface area contributed by atoms with Gasteiger partial charge in [-0.05, 0) is 24.3 Å². The molecule has 0 bridgehead atoms. The molecule has 2 aromatic rings. The first-order chi connectivity index (χ1) is 12.0. The number of anilines is 2. The van der Waals surface area contributed by atoms with Crippen LogP contribution in [0, 0.1) is 11.6 Å². The number of halogens is 2. The smallest absolute Gasteiger partial charge is 0.233 e. The molecule has 0 fully saturated rings. The number of amides is 2. The molecular formula is C17H14F2N2O4. The molecule has 0 spiro atoms. The van der Waals surface area contributed by atoms with E-state index in [0.29, 0.717) is 36.5 Å². The lowest BCUT2D eigenvalue weighted by Crippen LogP contribution is -2.22. The predicted molar refractivity (Wildman–Crippen MR) is 85.7 cm³/mol. The normalized spacial score (nSPS) is 12.4. The van der Waals surface area contributed by atoms with E-state index in [2.05, 4.69) is 10.6 Å². The topological polar surface area (TPSA) is 76.7 Å². The van der Waals surface area contributed by atoms with Gasteiger partial charge in [-0.1, -0.05) is 0 Å². The number of fused-ring (bicyclic) bond motifs is 1. The Bertz CT molecular complexity index is 826. The Balaban J connectivity index is 1.57. The Kier molecular flexibility index (Phi) is 4.78. The first-order valence-electron chi connectivity index (χ1n) is 7.45. The van der Waals surface area contributed by atoms with E-state index >= 15 is 0 Å². The van der Waals surface area contributed by atoms with Crippen molar-refractivity contribution in [3.05, 3.63) is 48.0 Å². The molecule has 0 saturated carbocycles. The van der Waals surface area contributed by atoms with Gasteiger partial charge in [0.2, 0.25) is 11.8 Å². The highest BCUT2D eigenvalue weighted by Crippen LogP contribution is 2.32. The van der Waals surface area contributed by atoms with Gasteiger partial charge in [0.05, 0.1) is 5.69 Å². The summed E-state index contributed by atoms with van der Waals surface area (Å²) in [6.45, 7) is 0.870. The summed E-state index contributed by atoms with van der Waals surface area (Å²) < 4.78 is 37.1. The zero-order valence-corrected chi connectivity index (χ0v) is 13.0. The monoisotopic (exact) mass is 348 g/mol. The molecule has 1 aliphatic rings. The summed E-state index contributed by atoms with van der Waals surface area (Å²) in [6, 6.07) is 7.59. The molecule has 1 aliphatic heterocycles. The third kappa shape index (κ3) is 4.23. The molecule has 130 valence electrons. The standard InChI is InChI=1S/C17H14F2N2O4/c18-10-1-3-13(12(19)7-10)21-17(23)9-16(22)20-11-2-4-14-15(8-11)25-6-5-24-14/h1-4,7-8H,5-6,9H2,(H,20,22)(H,21,23). The fourth-order valence-corrected chi connectivity index (χ4v) is 2.26. The summed E-state index contributed by atoms with van der Waals surface area (Å²) in [6.07, 6.45) is -0.523. The van der Waals surface area contributed by atoms with E-state index in [1.165, 1.54) is 0 Å². The first kappa shape index (κ1) is 16.7. The minimum absolute atomic E-state index is 0.196. The average Bonchev–Trinajstić information content (AvgIpc) is 2.57. The summed E-state index contributed by atoms with van der Waals surface area (Å²) in [4.78, 5) is 23.7. The van der Waals surface area contributed by atoms with Crippen molar-refractivity contribution < 1.29 is 27.8 Å². The van der Waals surface area contributed by atoms with E-state index in [1.54, 1.807) is 18.2 Å². The molecule has 0 radical (unpaired) electrons. The minimum Gasteiger partial charge on any atom is -0.486 e. The Hall–Kier alpha value is -3.16. The van der Waals surface area contributed by atoms with Crippen LogP contribution in [-0.4, -0.2) is 25.0 Å². The van der Waals surface area contributed by atoms with Crippen molar-refractivity contribution in [2.24, 2.45) is 0 Å². The lowest BCUT2D eigenvalue weighted by atomic mass is 10.2. The lowest BCUT2D eigenvalue weighted by Gasteiger charge is -2.19. The predicted octanol–water partition coefficient (Wildman–Crippen LogP) is 2.70. The fourth-order valence-electron chi connectivity index (χ4n) is 2.26. The van der Waals surface area contributed by atoms with E-state index in [9.17, 15) is 18.4 Å². The molecule has 2 N–H and O–H groups in total. The van der Waals surface area contributed by atoms with E-state index in [0.717, 1.165) is 12.1 Å². The molecule has 2 amide bonds. The first-order valence-corrected chi connectivity index (χ1v) is 7.45. The van der Waals surface area contributed by atoms with Gasteiger partial charge in [0, 0.05) is 17.8 Å². The number of ether oxygens (including phenoxy) is 2. The van der Waals surface area contributed by atoms with Crippen LogP contribution in [0.25, 0.3) is 0 Å². The zero-order chi connectivity index (χ0) is 17.8. The van der Waals surface area contributed by atoms with Gasteiger partial charge >= 0.3 is 0 Å². The summed E-state index contributed by atoms with van der Waals surface area (Å²) in [5, 5.41) is 4.76. The molecule has 25 heavy (non-hydrogen) atoms. The van der Waals surface area contributed by atoms with E-state index < -0.39 is 29.9 Å². The molecule has 1 heterocycles. The minimum atomic E-state index is -0.916. The summed E-state index contributed by atoms with van der Waals surface area (Å²) in [7, 11) is 0. The van der Waals surface area contributed by atoms with E-state index in [1.807, 2.05) is 0 Å². The maximum absolute atomic E-state index is 13.5. The van der Waals surface area contributed by atoms with Gasteiger partial charge in [0.15, 0.2) is 11.5 Å². The summed E-state index contributed by atoms with van der Waals surface area (Å²) in [5.41, 5.74) is 0.244. The van der Waals surface area contributed by atoms with Crippen molar-refractivity contribution in [3.8, 4) is 11.5 Å². The third-order valence-corrected chi connectivity index (χ3v) is 3.35. The van der Waals surface area contributed by atoms with Crippen LogP contribution in [0.4, 0.5) is 20.2 Å². The second-order valence-corrected chi connectivity index (χ2v) is 5.26. The summed E-state index contributed by atoms with van der Waals surface area (Å²) in [5.74, 6) is -1.90. The van der Waals surface area contributed by atoms with Gasteiger partial charge in [-0.3, -0.25) is 9.59 Å². The van der Waals surface area contributed by atoms with Crippen LogP contribution < -0.4 is 20.1 Å². The van der Waals surface area contributed by atoms with Gasteiger partial charge in [0.1, 0.15) is 31.3 Å². The molecule has 0 unspecified atom stereocenters. The van der Waals surface area contributed by atoms with Crippen molar-refractivity contribution >= 4 is 23.2 Å². The third-order valence-electron chi connectivity index (χ3n) is 3.35. The lowest BCUT2D eigenvalue weighted by molar-refractivity contribution is -0.123. The number of hydrogen-bond acceptors (Lipinski definition) is 4. The van der Waals surface area contributed by atoms with Crippen LogP contribution in [0.2, 0.25) is 0 Å². The van der Waals surface area contributed by atoms with E-state index in [4.69, 9.17) is 9.47 Å². The SMILES string of the molecule is O=C(CC(=O)Nc1ccc(F)cc1F)Nc1ccc2c(c1)OCCO2. The number of hydrogen-bond donors (Lipinski definition) is 2. The van der Waals surface area contributed by atoms with Crippen LogP contribution in [0.1, 0.15) is 6.42 Å². The molecule has 0 atom stereocenters. The molecule has 3 rings (SSSR count). The Morgan fingerprint density at radius 2 is 1.64 bits per heavy atom. The number of benzene rings is 2. The van der Waals surface area contributed by atoms with Gasteiger partial charge < -0.3 is 20.1 Å². The molecule has 0 aromatic heterocycles. The summed E-state index contributed by atoms with van der Waals surface area (Å²) >= 11 is 0. The second-order valence-electron chi connectivity index (χ2n) is 5.26. The highest BCUT2D eigenvalue weighted by atomic mass is 19.1. The molecule has 2 aromatic carbocycles. The maximum atomic E-state index is 13.5. The number of rotatable bonds is 4. The Morgan fingerprint density at radius 1 is 0.920 bits per heavy atom. The Labute approximate surface area is 141 Å². The van der Waals surface area contributed by atoms with Crippen molar-refractivity contribution in [1.82, 2.24) is 0 Å². The molecular weight excluding hydrogens is 334 g/mol.